The van der Waals surface area contributed by atoms with Crippen LogP contribution in [0.1, 0.15) is 56.4 Å². The van der Waals surface area contributed by atoms with Gasteiger partial charge in [-0.3, -0.25) is 4.79 Å². The number of hydrogen-bond donors (Lipinski definition) is 0. The monoisotopic (exact) mass is 420 g/mol. The zero-order valence-electron chi connectivity index (χ0n) is 18.2. The number of aromatic nitrogens is 3. The quantitative estimate of drug-likeness (QED) is 0.577. The van der Waals surface area contributed by atoms with E-state index in [2.05, 4.69) is 5.10 Å². The molecule has 2 aromatic heterocycles. The zero-order chi connectivity index (χ0) is 22.0. The van der Waals surface area contributed by atoms with Crippen molar-refractivity contribution in [1.29, 1.82) is 0 Å². The van der Waals surface area contributed by atoms with Crippen LogP contribution in [0.4, 0.5) is 0 Å². The Labute approximate surface area is 182 Å². The molecule has 1 fully saturated rings. The van der Waals surface area contributed by atoms with Crippen LogP contribution in [0, 0.1) is 0 Å². The van der Waals surface area contributed by atoms with E-state index in [1.54, 1.807) is 16.9 Å². The number of esters is 1. The van der Waals surface area contributed by atoms with Gasteiger partial charge in [-0.15, -0.1) is 0 Å². The number of carbonyl (C=O) groups excluding carboxylic acids is 2. The lowest BCUT2D eigenvalue weighted by molar-refractivity contribution is -0.137. The Morgan fingerprint density at radius 2 is 1.97 bits per heavy atom. The Kier molecular flexibility index (Phi) is 6.02. The molecule has 162 valence electrons. The predicted octanol–water partition coefficient (Wildman–Crippen LogP) is 4.24. The van der Waals surface area contributed by atoms with Gasteiger partial charge in [-0.05, 0) is 46.1 Å². The molecule has 0 spiro atoms. The molecule has 31 heavy (non-hydrogen) atoms. The van der Waals surface area contributed by atoms with Gasteiger partial charge < -0.3 is 9.64 Å². The third kappa shape index (κ3) is 4.31. The highest BCUT2D eigenvalue weighted by Crippen LogP contribution is 2.27. The highest BCUT2D eigenvalue weighted by atomic mass is 16.5. The second-order valence-electron chi connectivity index (χ2n) is 8.35. The summed E-state index contributed by atoms with van der Waals surface area (Å²) >= 11 is 0. The van der Waals surface area contributed by atoms with Gasteiger partial charge in [-0.25, -0.2) is 14.5 Å². The zero-order valence-corrected chi connectivity index (χ0v) is 18.2. The molecule has 0 radical (unpaired) electrons. The fourth-order valence-electron chi connectivity index (χ4n) is 4.08. The summed E-state index contributed by atoms with van der Waals surface area (Å²) in [6, 6.07) is 11.7. The number of nitrogens with zero attached hydrogens (tertiary/aromatic N) is 4. The Morgan fingerprint density at radius 1 is 1.19 bits per heavy atom. The van der Waals surface area contributed by atoms with Crippen molar-refractivity contribution in [1.82, 2.24) is 19.7 Å². The second-order valence-corrected chi connectivity index (χ2v) is 8.35. The largest absolute Gasteiger partial charge is 0.452 e. The number of rotatable bonds is 5. The molecule has 4 rings (SSSR count). The smallest absolute Gasteiger partial charge is 0.339 e. The van der Waals surface area contributed by atoms with Gasteiger partial charge in [0.05, 0.1) is 22.8 Å². The summed E-state index contributed by atoms with van der Waals surface area (Å²) in [7, 11) is 0. The fraction of sp³-hybridized carbons (Fsp3) is 0.417. The Balaban J connectivity index is 1.64. The van der Waals surface area contributed by atoms with E-state index >= 15 is 0 Å². The molecular formula is C24H28N4O3. The van der Waals surface area contributed by atoms with Crippen LogP contribution in [0.5, 0.6) is 0 Å². The number of likely N-dealkylation sites (tertiary alicyclic amines) is 1. The first-order valence-electron chi connectivity index (χ1n) is 10.9. The van der Waals surface area contributed by atoms with E-state index in [0.29, 0.717) is 22.3 Å². The van der Waals surface area contributed by atoms with Crippen molar-refractivity contribution >= 4 is 22.9 Å². The first-order chi connectivity index (χ1) is 15.0. The SMILES string of the molecule is CC1CCCCN1C(=O)COC(=O)c1cc(-c2ccccc2)nc2c1cnn2C(C)C. The molecule has 0 bridgehead atoms. The second kappa shape index (κ2) is 8.88. The van der Waals surface area contributed by atoms with Crippen molar-refractivity contribution in [3.8, 4) is 11.3 Å². The van der Waals surface area contributed by atoms with E-state index in [1.165, 1.54) is 0 Å². The average molecular weight is 421 g/mol. The number of pyridine rings is 1. The van der Waals surface area contributed by atoms with Crippen LogP contribution < -0.4 is 0 Å². The third-order valence-corrected chi connectivity index (χ3v) is 5.80. The van der Waals surface area contributed by atoms with E-state index in [9.17, 15) is 9.59 Å². The number of piperidine rings is 1. The molecule has 1 aliphatic rings. The maximum Gasteiger partial charge on any atom is 0.339 e. The lowest BCUT2D eigenvalue weighted by Gasteiger charge is -2.33. The van der Waals surface area contributed by atoms with Gasteiger partial charge in [0.15, 0.2) is 12.3 Å². The number of amides is 1. The molecule has 3 aromatic rings. The summed E-state index contributed by atoms with van der Waals surface area (Å²) in [6.07, 6.45) is 4.74. The Hall–Kier alpha value is -3.22. The molecule has 1 aliphatic heterocycles. The molecular weight excluding hydrogens is 392 g/mol. The number of hydrogen-bond acceptors (Lipinski definition) is 5. The maximum absolute atomic E-state index is 13.0. The van der Waals surface area contributed by atoms with E-state index in [0.717, 1.165) is 31.4 Å². The number of ether oxygens (including phenoxy) is 1. The summed E-state index contributed by atoms with van der Waals surface area (Å²) in [6.45, 7) is 6.53. The lowest BCUT2D eigenvalue weighted by atomic mass is 10.0. The number of carbonyl (C=O) groups is 2. The number of benzene rings is 1. The van der Waals surface area contributed by atoms with Crippen LogP contribution in [0.2, 0.25) is 0 Å². The highest BCUT2D eigenvalue weighted by molar-refractivity contribution is 6.04. The molecule has 1 amide bonds. The van der Waals surface area contributed by atoms with Crippen LogP contribution in [0.3, 0.4) is 0 Å². The van der Waals surface area contributed by atoms with Gasteiger partial charge in [0.2, 0.25) is 0 Å². The minimum absolute atomic E-state index is 0.0852. The minimum atomic E-state index is -0.536. The molecule has 0 aliphatic carbocycles. The van der Waals surface area contributed by atoms with Crippen molar-refractivity contribution < 1.29 is 14.3 Å². The predicted molar refractivity (Wildman–Crippen MR) is 119 cm³/mol. The molecule has 1 saturated heterocycles. The van der Waals surface area contributed by atoms with Crippen molar-refractivity contribution in [2.75, 3.05) is 13.2 Å². The van der Waals surface area contributed by atoms with Gasteiger partial charge in [-0.2, -0.15) is 5.10 Å². The molecule has 1 unspecified atom stereocenters. The number of fused-ring (bicyclic) bond motifs is 1. The Bertz CT molecular complexity index is 1090. The first kappa shape index (κ1) is 21.0. The summed E-state index contributed by atoms with van der Waals surface area (Å²) in [5.41, 5.74) is 2.56. The standard InChI is InChI=1S/C24H28N4O3/c1-16(2)28-23-20(14-25-28)19(13-21(26-23)18-10-5-4-6-11-18)24(30)31-15-22(29)27-12-8-7-9-17(27)3/h4-6,10-11,13-14,16-17H,7-9,12,15H2,1-3H3. The third-order valence-electron chi connectivity index (χ3n) is 5.80. The summed E-state index contributed by atoms with van der Waals surface area (Å²) in [4.78, 5) is 32.2. The van der Waals surface area contributed by atoms with Gasteiger partial charge in [0.1, 0.15) is 0 Å². The van der Waals surface area contributed by atoms with Crippen LogP contribution in [0.15, 0.2) is 42.6 Å². The van der Waals surface area contributed by atoms with Crippen LogP contribution >= 0.6 is 0 Å². The first-order valence-corrected chi connectivity index (χ1v) is 10.9. The van der Waals surface area contributed by atoms with Gasteiger partial charge in [-0.1, -0.05) is 30.3 Å². The molecule has 0 N–H and O–H groups in total. The van der Waals surface area contributed by atoms with Crippen LogP contribution in [0.25, 0.3) is 22.3 Å². The minimum Gasteiger partial charge on any atom is -0.452 e. The summed E-state index contributed by atoms with van der Waals surface area (Å²) < 4.78 is 7.26. The van der Waals surface area contributed by atoms with E-state index in [4.69, 9.17) is 9.72 Å². The molecule has 1 atom stereocenters. The molecule has 7 heteroatoms. The summed E-state index contributed by atoms with van der Waals surface area (Å²) in [5.74, 6) is -0.682. The molecule has 7 nitrogen and oxygen atoms in total. The molecule has 3 heterocycles. The fourth-order valence-corrected chi connectivity index (χ4v) is 4.08. The van der Waals surface area contributed by atoms with Crippen molar-refractivity contribution in [3.05, 3.63) is 48.2 Å². The van der Waals surface area contributed by atoms with Crippen LogP contribution in [-0.2, 0) is 9.53 Å². The van der Waals surface area contributed by atoms with E-state index in [1.807, 2.05) is 56.0 Å². The van der Waals surface area contributed by atoms with Crippen molar-refractivity contribution in [3.63, 3.8) is 0 Å². The lowest BCUT2D eigenvalue weighted by Crippen LogP contribution is -2.44. The van der Waals surface area contributed by atoms with Crippen molar-refractivity contribution in [2.24, 2.45) is 0 Å². The topological polar surface area (TPSA) is 77.3 Å². The molecule has 1 aromatic carbocycles. The summed E-state index contributed by atoms with van der Waals surface area (Å²) in [5, 5.41) is 5.04. The normalized spacial score (nSPS) is 16.6. The van der Waals surface area contributed by atoms with Gasteiger partial charge in [0, 0.05) is 24.2 Å². The molecule has 0 saturated carbocycles. The van der Waals surface area contributed by atoms with Gasteiger partial charge >= 0.3 is 5.97 Å². The maximum atomic E-state index is 13.0. The Morgan fingerprint density at radius 3 is 2.68 bits per heavy atom. The average Bonchev–Trinajstić information content (AvgIpc) is 3.22. The van der Waals surface area contributed by atoms with E-state index < -0.39 is 5.97 Å². The highest BCUT2D eigenvalue weighted by Gasteiger charge is 2.25. The van der Waals surface area contributed by atoms with E-state index in [-0.39, 0.29) is 24.6 Å². The van der Waals surface area contributed by atoms with Crippen LogP contribution in [-0.4, -0.2) is 50.7 Å². The van der Waals surface area contributed by atoms with Crippen molar-refractivity contribution in [2.45, 2.75) is 52.1 Å². The van der Waals surface area contributed by atoms with Gasteiger partial charge in [0.25, 0.3) is 5.91 Å².